The first kappa shape index (κ1) is 22.5. The summed E-state index contributed by atoms with van der Waals surface area (Å²) in [6.07, 6.45) is 1.85. The van der Waals surface area contributed by atoms with Crippen molar-refractivity contribution >= 4 is 17.9 Å². The van der Waals surface area contributed by atoms with Gasteiger partial charge in [-0.15, -0.1) is 0 Å². The highest BCUT2D eigenvalue weighted by molar-refractivity contribution is 5.82. The second kappa shape index (κ2) is 9.60. The van der Waals surface area contributed by atoms with E-state index in [0.29, 0.717) is 25.9 Å². The fourth-order valence-electron chi connectivity index (χ4n) is 3.70. The van der Waals surface area contributed by atoms with Crippen molar-refractivity contribution in [2.75, 3.05) is 13.1 Å². The van der Waals surface area contributed by atoms with Gasteiger partial charge < -0.3 is 19.9 Å². The van der Waals surface area contributed by atoms with Crippen LogP contribution in [0.1, 0.15) is 59.3 Å². The van der Waals surface area contributed by atoms with Gasteiger partial charge in [-0.05, 0) is 46.5 Å². The summed E-state index contributed by atoms with van der Waals surface area (Å²) in [4.78, 5) is 40.7. The van der Waals surface area contributed by atoms with Crippen LogP contribution in [-0.2, 0) is 14.3 Å². The summed E-state index contributed by atoms with van der Waals surface area (Å²) in [7, 11) is 0. The van der Waals surface area contributed by atoms with Crippen molar-refractivity contribution in [3.8, 4) is 12.1 Å². The smallest absolute Gasteiger partial charge is 0.407 e. The monoisotopic (exact) mass is 403 g/mol. The van der Waals surface area contributed by atoms with Gasteiger partial charge in [0.15, 0.2) is 0 Å². The van der Waals surface area contributed by atoms with Crippen LogP contribution < -0.4 is 5.32 Å². The molecular formula is C20H29N5O4. The molecule has 0 aromatic carbocycles. The molecule has 2 fully saturated rings. The molecule has 0 radical (unpaired) electrons. The van der Waals surface area contributed by atoms with Crippen LogP contribution in [0.2, 0.25) is 0 Å². The molecule has 1 N–H and O–H groups in total. The Bertz CT molecular complexity index is 672. The first-order chi connectivity index (χ1) is 13.6. The van der Waals surface area contributed by atoms with Gasteiger partial charge in [-0.3, -0.25) is 9.59 Å². The largest absolute Gasteiger partial charge is 0.444 e. The summed E-state index contributed by atoms with van der Waals surface area (Å²) < 4.78 is 5.26. The van der Waals surface area contributed by atoms with E-state index in [0.717, 1.165) is 12.8 Å². The maximum atomic E-state index is 12.7. The van der Waals surface area contributed by atoms with Gasteiger partial charge in [-0.2, -0.15) is 10.5 Å². The van der Waals surface area contributed by atoms with Gasteiger partial charge in [0.05, 0.1) is 12.1 Å². The maximum absolute atomic E-state index is 12.7. The summed E-state index contributed by atoms with van der Waals surface area (Å²) in [5, 5.41) is 21.1. The van der Waals surface area contributed by atoms with Crippen LogP contribution in [0.4, 0.5) is 4.79 Å². The van der Waals surface area contributed by atoms with Crippen molar-refractivity contribution in [3.05, 3.63) is 0 Å². The Morgan fingerprint density at radius 1 is 1.00 bits per heavy atom. The van der Waals surface area contributed by atoms with Gasteiger partial charge in [-0.25, -0.2) is 4.79 Å². The number of hydrogen-bond donors (Lipinski definition) is 1. The number of carbonyl (C=O) groups is 3. The van der Waals surface area contributed by atoms with E-state index in [4.69, 9.17) is 4.74 Å². The Hall–Kier alpha value is -2.81. The van der Waals surface area contributed by atoms with Crippen LogP contribution >= 0.6 is 0 Å². The maximum Gasteiger partial charge on any atom is 0.407 e. The van der Waals surface area contributed by atoms with E-state index in [2.05, 4.69) is 17.5 Å². The molecule has 0 aromatic rings. The molecule has 0 aromatic heterocycles. The van der Waals surface area contributed by atoms with Crippen molar-refractivity contribution in [2.24, 2.45) is 0 Å². The molecule has 2 unspecified atom stereocenters. The Labute approximate surface area is 171 Å². The molecule has 0 spiro atoms. The standard InChI is InChI=1S/C20H29N5O4/c1-20(2,3)29-19(28)23-14(10-17(26)24-8-4-6-15(24)12-21)11-18(27)25-9-5-7-16(25)13-22/h14-16H,4-11H2,1-3H3,(H,23,28). The van der Waals surface area contributed by atoms with Gasteiger partial charge in [0.1, 0.15) is 17.7 Å². The summed E-state index contributed by atoms with van der Waals surface area (Å²) >= 11 is 0. The number of carbonyl (C=O) groups excluding carboxylic acids is 3. The highest BCUT2D eigenvalue weighted by Crippen LogP contribution is 2.21. The van der Waals surface area contributed by atoms with Crippen LogP contribution in [0.3, 0.4) is 0 Å². The number of nitrogens with one attached hydrogen (secondary N) is 1. The number of alkyl carbamates (subject to hydrolysis) is 1. The molecule has 2 atom stereocenters. The van der Waals surface area contributed by atoms with Crippen LogP contribution in [-0.4, -0.2) is 64.5 Å². The minimum Gasteiger partial charge on any atom is -0.444 e. The molecule has 2 rings (SSSR count). The first-order valence-corrected chi connectivity index (χ1v) is 10.0. The second-order valence-corrected chi connectivity index (χ2v) is 8.50. The minimum absolute atomic E-state index is 0.103. The van der Waals surface area contributed by atoms with Crippen LogP contribution in [0.5, 0.6) is 0 Å². The lowest BCUT2D eigenvalue weighted by atomic mass is 10.1. The summed E-state index contributed by atoms with van der Waals surface area (Å²) in [6, 6.07) is 2.53. The Balaban J connectivity index is 2.07. The number of nitrogens with zero attached hydrogens (tertiary/aromatic N) is 4. The normalized spacial score (nSPS) is 22.5. The van der Waals surface area contributed by atoms with Crippen molar-refractivity contribution in [2.45, 2.75) is 83.0 Å². The number of hydrogen-bond acceptors (Lipinski definition) is 6. The SMILES string of the molecule is CC(C)(C)OC(=O)NC(CC(=O)N1CCCC1C#N)CC(=O)N1CCCC1C#N. The molecule has 0 saturated carbocycles. The number of likely N-dealkylation sites (tertiary alicyclic amines) is 2. The van der Waals surface area contributed by atoms with Gasteiger partial charge in [0, 0.05) is 32.0 Å². The van der Waals surface area contributed by atoms with E-state index >= 15 is 0 Å². The number of nitriles is 2. The first-order valence-electron chi connectivity index (χ1n) is 10.0. The highest BCUT2D eigenvalue weighted by atomic mass is 16.6. The molecule has 2 aliphatic heterocycles. The van der Waals surface area contributed by atoms with E-state index in [9.17, 15) is 24.9 Å². The second-order valence-electron chi connectivity index (χ2n) is 8.50. The van der Waals surface area contributed by atoms with Crippen molar-refractivity contribution < 1.29 is 19.1 Å². The molecule has 9 nitrogen and oxygen atoms in total. The molecule has 0 bridgehead atoms. The van der Waals surface area contributed by atoms with Crippen molar-refractivity contribution in [1.29, 1.82) is 10.5 Å². The zero-order valence-electron chi connectivity index (χ0n) is 17.3. The molecule has 2 saturated heterocycles. The molecule has 3 amide bonds. The zero-order valence-corrected chi connectivity index (χ0v) is 17.3. The highest BCUT2D eigenvalue weighted by Gasteiger charge is 2.34. The Morgan fingerprint density at radius 3 is 1.83 bits per heavy atom. The van der Waals surface area contributed by atoms with E-state index in [1.54, 1.807) is 20.8 Å². The molecule has 9 heteroatoms. The van der Waals surface area contributed by atoms with E-state index in [1.807, 2.05) is 0 Å². The lowest BCUT2D eigenvalue weighted by Crippen LogP contribution is -2.46. The Morgan fingerprint density at radius 2 is 1.45 bits per heavy atom. The zero-order chi connectivity index (χ0) is 21.6. The summed E-state index contributed by atoms with van der Waals surface area (Å²) in [6.45, 7) is 6.16. The van der Waals surface area contributed by atoms with Crippen LogP contribution in [0.25, 0.3) is 0 Å². The van der Waals surface area contributed by atoms with Crippen LogP contribution in [0, 0.1) is 22.7 Å². The summed E-state index contributed by atoms with van der Waals surface area (Å²) in [5.41, 5.74) is -0.718. The number of amides is 3. The molecule has 2 aliphatic rings. The van der Waals surface area contributed by atoms with Gasteiger partial charge in [0.2, 0.25) is 11.8 Å². The third-order valence-electron chi connectivity index (χ3n) is 5.01. The molecular weight excluding hydrogens is 374 g/mol. The molecule has 29 heavy (non-hydrogen) atoms. The van der Waals surface area contributed by atoms with E-state index in [-0.39, 0.29) is 24.7 Å². The molecule has 2 heterocycles. The predicted molar refractivity (Wildman–Crippen MR) is 103 cm³/mol. The number of rotatable bonds is 5. The topological polar surface area (TPSA) is 127 Å². The fourth-order valence-corrected chi connectivity index (χ4v) is 3.70. The molecule has 0 aliphatic carbocycles. The van der Waals surface area contributed by atoms with E-state index in [1.165, 1.54) is 9.80 Å². The van der Waals surface area contributed by atoms with Gasteiger partial charge in [0.25, 0.3) is 0 Å². The average Bonchev–Trinajstić information content (AvgIpc) is 3.28. The lowest BCUT2D eigenvalue weighted by Gasteiger charge is -2.27. The van der Waals surface area contributed by atoms with Crippen molar-refractivity contribution in [1.82, 2.24) is 15.1 Å². The van der Waals surface area contributed by atoms with Gasteiger partial charge in [-0.1, -0.05) is 0 Å². The molecule has 158 valence electrons. The fraction of sp³-hybridized carbons (Fsp3) is 0.750. The lowest BCUT2D eigenvalue weighted by molar-refractivity contribution is -0.133. The third-order valence-corrected chi connectivity index (χ3v) is 5.01. The quantitative estimate of drug-likeness (QED) is 0.744. The van der Waals surface area contributed by atoms with Gasteiger partial charge >= 0.3 is 6.09 Å². The van der Waals surface area contributed by atoms with Crippen LogP contribution in [0.15, 0.2) is 0 Å². The van der Waals surface area contributed by atoms with E-state index < -0.39 is 29.8 Å². The third kappa shape index (κ3) is 6.35. The van der Waals surface area contributed by atoms with Crippen molar-refractivity contribution in [3.63, 3.8) is 0 Å². The Kier molecular flexibility index (Phi) is 7.44. The average molecular weight is 403 g/mol. The summed E-state index contributed by atoms with van der Waals surface area (Å²) in [5.74, 6) is -0.553. The minimum atomic E-state index is -0.773. The predicted octanol–water partition coefficient (Wildman–Crippen LogP) is 1.69. The number of ether oxygens (including phenoxy) is 1.